The van der Waals surface area contributed by atoms with E-state index in [1.165, 1.54) is 5.56 Å². The summed E-state index contributed by atoms with van der Waals surface area (Å²) in [5, 5.41) is 3.41. The van der Waals surface area contributed by atoms with Gasteiger partial charge in [0.1, 0.15) is 11.5 Å². The van der Waals surface area contributed by atoms with Gasteiger partial charge in [-0.05, 0) is 30.5 Å². The van der Waals surface area contributed by atoms with Crippen LogP contribution in [0.15, 0.2) is 30.9 Å². The van der Waals surface area contributed by atoms with Crippen molar-refractivity contribution in [3.05, 3.63) is 36.4 Å². The highest BCUT2D eigenvalue weighted by Gasteiger charge is 2.22. The van der Waals surface area contributed by atoms with Crippen LogP contribution in [0.1, 0.15) is 24.4 Å². The van der Waals surface area contributed by atoms with Crippen LogP contribution < -0.4 is 14.8 Å². The fourth-order valence-electron chi connectivity index (χ4n) is 2.85. The van der Waals surface area contributed by atoms with Crippen LogP contribution in [-0.2, 0) is 0 Å². The summed E-state index contributed by atoms with van der Waals surface area (Å²) in [4.78, 5) is 2.54. The van der Waals surface area contributed by atoms with Crippen LogP contribution >= 0.6 is 0 Å². The van der Waals surface area contributed by atoms with E-state index in [0.717, 1.165) is 50.5 Å². The third kappa shape index (κ3) is 4.22. The van der Waals surface area contributed by atoms with Crippen molar-refractivity contribution in [1.29, 1.82) is 0 Å². The van der Waals surface area contributed by atoms with Crippen LogP contribution in [0.3, 0.4) is 0 Å². The largest absolute Gasteiger partial charge is 0.497 e. The second-order valence-electron chi connectivity index (χ2n) is 5.31. The summed E-state index contributed by atoms with van der Waals surface area (Å²) in [7, 11) is 3.39. The van der Waals surface area contributed by atoms with Gasteiger partial charge in [0.2, 0.25) is 0 Å². The molecule has 0 aromatic heterocycles. The van der Waals surface area contributed by atoms with Crippen LogP contribution in [0.4, 0.5) is 0 Å². The Labute approximate surface area is 127 Å². The minimum atomic E-state index is 0.383. The molecule has 0 amide bonds. The number of hydrogen-bond donors (Lipinski definition) is 1. The first-order valence-corrected chi connectivity index (χ1v) is 7.57. The molecule has 116 valence electrons. The number of piperazine rings is 1. The molecule has 0 radical (unpaired) electrons. The predicted molar refractivity (Wildman–Crippen MR) is 86.2 cm³/mol. The Bertz CT molecular complexity index is 434. The highest BCUT2D eigenvalue weighted by Crippen LogP contribution is 2.32. The van der Waals surface area contributed by atoms with E-state index in [1.54, 1.807) is 14.2 Å². The van der Waals surface area contributed by atoms with Crippen molar-refractivity contribution in [1.82, 2.24) is 10.2 Å². The number of ether oxygens (including phenoxy) is 2. The van der Waals surface area contributed by atoms with Crippen LogP contribution in [0.2, 0.25) is 0 Å². The van der Waals surface area contributed by atoms with Crippen LogP contribution in [0, 0.1) is 0 Å². The van der Waals surface area contributed by atoms with Gasteiger partial charge < -0.3 is 14.8 Å². The normalized spacial score (nSPS) is 17.2. The first kappa shape index (κ1) is 15.9. The number of benzene rings is 1. The molecule has 1 aliphatic heterocycles. The number of nitrogens with zero attached hydrogens (tertiary/aromatic N) is 1. The van der Waals surface area contributed by atoms with Crippen molar-refractivity contribution in [3.8, 4) is 11.5 Å². The summed E-state index contributed by atoms with van der Waals surface area (Å²) < 4.78 is 10.8. The van der Waals surface area contributed by atoms with Gasteiger partial charge in [-0.3, -0.25) is 4.90 Å². The Balaban J connectivity index is 2.27. The maximum absolute atomic E-state index is 5.41. The van der Waals surface area contributed by atoms with Gasteiger partial charge in [0, 0.05) is 38.3 Å². The third-order valence-electron chi connectivity index (χ3n) is 4.00. The zero-order valence-electron chi connectivity index (χ0n) is 13.1. The average molecular weight is 290 g/mol. The molecule has 0 saturated carbocycles. The van der Waals surface area contributed by atoms with E-state index < -0.39 is 0 Å². The molecule has 1 fully saturated rings. The smallest absolute Gasteiger partial charge is 0.122 e. The molecule has 2 rings (SSSR count). The minimum absolute atomic E-state index is 0.383. The third-order valence-corrected chi connectivity index (χ3v) is 4.00. The fraction of sp³-hybridized carbons (Fsp3) is 0.529. The van der Waals surface area contributed by atoms with Crippen LogP contribution in [0.25, 0.3) is 0 Å². The molecule has 4 heteroatoms. The van der Waals surface area contributed by atoms with Gasteiger partial charge in [-0.15, -0.1) is 6.58 Å². The minimum Gasteiger partial charge on any atom is -0.497 e. The summed E-state index contributed by atoms with van der Waals surface area (Å²) in [6.07, 6.45) is 4.07. The molecule has 1 saturated heterocycles. The second kappa shape index (κ2) is 8.05. The predicted octanol–water partition coefficient (Wildman–Crippen LogP) is 2.62. The number of methoxy groups -OCH3 is 2. The summed E-state index contributed by atoms with van der Waals surface area (Å²) in [5.74, 6) is 1.70. The van der Waals surface area contributed by atoms with Crippen molar-refractivity contribution in [2.45, 2.75) is 18.9 Å². The van der Waals surface area contributed by atoms with Crippen molar-refractivity contribution in [3.63, 3.8) is 0 Å². The van der Waals surface area contributed by atoms with E-state index in [2.05, 4.69) is 28.9 Å². The monoisotopic (exact) mass is 290 g/mol. The summed E-state index contributed by atoms with van der Waals surface area (Å²) in [6.45, 7) is 8.09. The van der Waals surface area contributed by atoms with Gasteiger partial charge in [0.25, 0.3) is 0 Å². The Morgan fingerprint density at radius 3 is 2.33 bits per heavy atom. The molecule has 1 aliphatic rings. The van der Waals surface area contributed by atoms with Crippen LogP contribution in [-0.4, -0.2) is 45.3 Å². The molecule has 0 spiro atoms. The van der Waals surface area contributed by atoms with Gasteiger partial charge in [-0.2, -0.15) is 0 Å². The van der Waals surface area contributed by atoms with E-state index in [4.69, 9.17) is 9.47 Å². The van der Waals surface area contributed by atoms with Gasteiger partial charge in [-0.1, -0.05) is 6.08 Å². The summed E-state index contributed by atoms with van der Waals surface area (Å²) in [5.41, 5.74) is 1.26. The fourth-order valence-corrected chi connectivity index (χ4v) is 2.85. The molecule has 1 N–H and O–H groups in total. The van der Waals surface area contributed by atoms with Gasteiger partial charge in [-0.25, -0.2) is 0 Å². The lowest BCUT2D eigenvalue weighted by Crippen LogP contribution is -2.45. The SMILES string of the molecule is C=CCC[C@@H](c1cc(OC)cc(OC)c1)N1CCNCC1. The lowest BCUT2D eigenvalue weighted by Gasteiger charge is -2.35. The van der Waals surface area contributed by atoms with E-state index in [-0.39, 0.29) is 0 Å². The Hall–Kier alpha value is -1.52. The zero-order valence-corrected chi connectivity index (χ0v) is 13.1. The molecular formula is C17H26N2O2. The molecule has 1 atom stereocenters. The molecule has 0 unspecified atom stereocenters. The Morgan fingerprint density at radius 1 is 1.19 bits per heavy atom. The number of rotatable bonds is 7. The highest BCUT2D eigenvalue weighted by atomic mass is 16.5. The Kier molecular flexibility index (Phi) is 6.08. The van der Waals surface area contributed by atoms with Gasteiger partial charge >= 0.3 is 0 Å². The van der Waals surface area contributed by atoms with Crippen molar-refractivity contribution in [2.75, 3.05) is 40.4 Å². The molecule has 4 nitrogen and oxygen atoms in total. The van der Waals surface area contributed by atoms with E-state index in [9.17, 15) is 0 Å². The summed E-state index contributed by atoms with van der Waals surface area (Å²) in [6, 6.07) is 6.55. The molecular weight excluding hydrogens is 264 g/mol. The summed E-state index contributed by atoms with van der Waals surface area (Å²) >= 11 is 0. The van der Waals surface area contributed by atoms with Crippen LogP contribution in [0.5, 0.6) is 11.5 Å². The molecule has 0 aliphatic carbocycles. The van der Waals surface area contributed by atoms with Gasteiger partial charge in [0.15, 0.2) is 0 Å². The van der Waals surface area contributed by atoms with Crippen molar-refractivity contribution in [2.24, 2.45) is 0 Å². The average Bonchev–Trinajstić information content (AvgIpc) is 2.55. The number of hydrogen-bond acceptors (Lipinski definition) is 4. The second-order valence-corrected chi connectivity index (χ2v) is 5.31. The zero-order chi connectivity index (χ0) is 15.1. The van der Waals surface area contributed by atoms with E-state index in [1.807, 2.05) is 12.1 Å². The molecule has 0 bridgehead atoms. The first-order valence-electron chi connectivity index (χ1n) is 7.57. The number of nitrogens with one attached hydrogen (secondary N) is 1. The molecule has 21 heavy (non-hydrogen) atoms. The number of allylic oxidation sites excluding steroid dienone is 1. The van der Waals surface area contributed by atoms with Crippen molar-refractivity contribution < 1.29 is 9.47 Å². The van der Waals surface area contributed by atoms with Crippen molar-refractivity contribution >= 4 is 0 Å². The highest BCUT2D eigenvalue weighted by molar-refractivity contribution is 5.40. The maximum Gasteiger partial charge on any atom is 0.122 e. The first-order chi connectivity index (χ1) is 10.3. The lowest BCUT2D eigenvalue weighted by molar-refractivity contribution is 0.165. The quantitative estimate of drug-likeness (QED) is 0.783. The maximum atomic E-state index is 5.41. The van der Waals surface area contributed by atoms with E-state index in [0.29, 0.717) is 6.04 Å². The molecule has 1 aromatic rings. The Morgan fingerprint density at radius 2 is 1.81 bits per heavy atom. The molecule has 1 heterocycles. The molecule has 1 aromatic carbocycles. The standard InChI is InChI=1S/C17H26N2O2/c1-4-5-6-17(19-9-7-18-8-10-19)14-11-15(20-2)13-16(12-14)21-3/h4,11-13,17-18H,1,5-10H2,2-3H3/t17-/m0/s1. The van der Waals surface area contributed by atoms with E-state index >= 15 is 0 Å². The topological polar surface area (TPSA) is 33.7 Å². The lowest BCUT2D eigenvalue weighted by atomic mass is 9.98. The van der Waals surface area contributed by atoms with Gasteiger partial charge in [0.05, 0.1) is 14.2 Å².